The van der Waals surface area contributed by atoms with Gasteiger partial charge in [-0.1, -0.05) is 17.7 Å². The molecule has 2 aromatic rings. The van der Waals surface area contributed by atoms with Crippen molar-refractivity contribution in [3.8, 4) is 0 Å². The lowest BCUT2D eigenvalue weighted by molar-refractivity contribution is -0.384. The van der Waals surface area contributed by atoms with E-state index >= 15 is 0 Å². The molecule has 1 N–H and O–H groups in total. The highest BCUT2D eigenvalue weighted by molar-refractivity contribution is 7.99. The molecule has 120 valence electrons. The van der Waals surface area contributed by atoms with Crippen LogP contribution in [0.5, 0.6) is 0 Å². The molecule has 0 atom stereocenters. The van der Waals surface area contributed by atoms with Crippen LogP contribution in [0.15, 0.2) is 47.4 Å². The van der Waals surface area contributed by atoms with E-state index in [1.54, 1.807) is 12.1 Å². The number of anilines is 1. The van der Waals surface area contributed by atoms with Gasteiger partial charge in [0, 0.05) is 34.9 Å². The number of carbonyl (C=O) groups excluding carboxylic acids is 1. The van der Waals surface area contributed by atoms with E-state index in [1.807, 2.05) is 32.0 Å². The first-order valence-corrected chi connectivity index (χ1v) is 8.18. The SMILES string of the molecule is Cc1ccc(NC(=O)CCSc2ccc([N+](=O)[O-])cc2)c(C)c1. The Labute approximate surface area is 139 Å². The summed E-state index contributed by atoms with van der Waals surface area (Å²) in [6.07, 6.45) is 0.384. The first kappa shape index (κ1) is 17.0. The Morgan fingerprint density at radius 2 is 1.87 bits per heavy atom. The summed E-state index contributed by atoms with van der Waals surface area (Å²) < 4.78 is 0. The molecule has 0 aliphatic rings. The molecule has 0 unspecified atom stereocenters. The Balaban J connectivity index is 1.81. The monoisotopic (exact) mass is 330 g/mol. The van der Waals surface area contributed by atoms with Gasteiger partial charge in [0.2, 0.25) is 5.91 Å². The summed E-state index contributed by atoms with van der Waals surface area (Å²) >= 11 is 1.50. The maximum atomic E-state index is 12.0. The van der Waals surface area contributed by atoms with Crippen molar-refractivity contribution in [2.24, 2.45) is 0 Å². The van der Waals surface area contributed by atoms with Crippen LogP contribution in [0.4, 0.5) is 11.4 Å². The quantitative estimate of drug-likeness (QED) is 0.486. The topological polar surface area (TPSA) is 72.2 Å². The number of benzene rings is 2. The number of aryl methyl sites for hydroxylation is 2. The maximum absolute atomic E-state index is 12.0. The second kappa shape index (κ2) is 7.78. The van der Waals surface area contributed by atoms with Crippen molar-refractivity contribution < 1.29 is 9.72 Å². The van der Waals surface area contributed by atoms with Gasteiger partial charge in [-0.25, -0.2) is 0 Å². The van der Waals surface area contributed by atoms with Crippen molar-refractivity contribution in [2.45, 2.75) is 25.2 Å². The van der Waals surface area contributed by atoms with Crippen LogP contribution in [0.1, 0.15) is 17.5 Å². The number of hydrogen-bond donors (Lipinski definition) is 1. The van der Waals surface area contributed by atoms with E-state index in [9.17, 15) is 14.9 Å². The Morgan fingerprint density at radius 1 is 1.17 bits per heavy atom. The molecule has 0 saturated heterocycles. The van der Waals surface area contributed by atoms with Crippen LogP contribution >= 0.6 is 11.8 Å². The molecular formula is C17H18N2O3S. The van der Waals surface area contributed by atoms with E-state index < -0.39 is 4.92 Å². The minimum atomic E-state index is -0.425. The van der Waals surface area contributed by atoms with Crippen molar-refractivity contribution in [1.82, 2.24) is 0 Å². The number of hydrogen-bond acceptors (Lipinski definition) is 4. The molecule has 2 rings (SSSR count). The molecule has 0 aliphatic carbocycles. The minimum absolute atomic E-state index is 0.0358. The zero-order valence-electron chi connectivity index (χ0n) is 13.0. The predicted molar refractivity (Wildman–Crippen MR) is 93.0 cm³/mol. The van der Waals surface area contributed by atoms with Crippen LogP contribution in [0.25, 0.3) is 0 Å². The summed E-state index contributed by atoms with van der Waals surface area (Å²) in [7, 11) is 0. The Hall–Kier alpha value is -2.34. The van der Waals surface area contributed by atoms with Gasteiger partial charge in [-0.05, 0) is 37.6 Å². The van der Waals surface area contributed by atoms with E-state index in [0.717, 1.165) is 21.7 Å². The third-order valence-corrected chi connectivity index (χ3v) is 4.32. The average molecular weight is 330 g/mol. The van der Waals surface area contributed by atoms with Crippen LogP contribution in [0.3, 0.4) is 0 Å². The van der Waals surface area contributed by atoms with Crippen molar-refractivity contribution in [3.05, 3.63) is 63.7 Å². The summed E-state index contributed by atoms with van der Waals surface area (Å²) in [6.45, 7) is 3.98. The molecule has 1 amide bonds. The molecule has 0 aromatic heterocycles. The minimum Gasteiger partial charge on any atom is -0.326 e. The van der Waals surface area contributed by atoms with Gasteiger partial charge in [-0.2, -0.15) is 0 Å². The van der Waals surface area contributed by atoms with Gasteiger partial charge >= 0.3 is 0 Å². The lowest BCUT2D eigenvalue weighted by Gasteiger charge is -2.09. The second-order valence-electron chi connectivity index (χ2n) is 5.22. The molecule has 0 aliphatic heterocycles. The largest absolute Gasteiger partial charge is 0.326 e. The highest BCUT2D eigenvalue weighted by Gasteiger charge is 2.07. The van der Waals surface area contributed by atoms with Crippen LogP contribution < -0.4 is 5.32 Å². The molecule has 0 heterocycles. The van der Waals surface area contributed by atoms with E-state index in [2.05, 4.69) is 5.32 Å². The third kappa shape index (κ3) is 5.10. The van der Waals surface area contributed by atoms with Gasteiger partial charge in [0.15, 0.2) is 0 Å². The van der Waals surface area contributed by atoms with Crippen LogP contribution in [0, 0.1) is 24.0 Å². The zero-order valence-corrected chi connectivity index (χ0v) is 13.9. The van der Waals surface area contributed by atoms with E-state index in [-0.39, 0.29) is 11.6 Å². The molecule has 6 heteroatoms. The average Bonchev–Trinajstić information content (AvgIpc) is 2.50. The van der Waals surface area contributed by atoms with E-state index in [4.69, 9.17) is 0 Å². The first-order chi connectivity index (χ1) is 11.0. The second-order valence-corrected chi connectivity index (χ2v) is 6.38. The highest BCUT2D eigenvalue weighted by Crippen LogP contribution is 2.22. The number of rotatable bonds is 6. The maximum Gasteiger partial charge on any atom is 0.269 e. The normalized spacial score (nSPS) is 10.3. The highest BCUT2D eigenvalue weighted by atomic mass is 32.2. The Bertz CT molecular complexity index is 714. The number of thioether (sulfide) groups is 1. The van der Waals surface area contributed by atoms with Gasteiger partial charge in [-0.3, -0.25) is 14.9 Å². The van der Waals surface area contributed by atoms with E-state index in [0.29, 0.717) is 12.2 Å². The molecule has 5 nitrogen and oxygen atoms in total. The lowest BCUT2D eigenvalue weighted by atomic mass is 10.1. The standard InChI is InChI=1S/C17H18N2O3S/c1-12-3-8-16(13(2)11-12)18-17(20)9-10-23-15-6-4-14(5-7-15)19(21)22/h3-8,11H,9-10H2,1-2H3,(H,18,20). The number of carbonyl (C=O) groups is 1. The van der Waals surface area contributed by atoms with Gasteiger partial charge in [0.25, 0.3) is 5.69 Å². The number of nitrogens with one attached hydrogen (secondary N) is 1. The summed E-state index contributed by atoms with van der Waals surface area (Å²) in [5.74, 6) is 0.584. The van der Waals surface area contributed by atoms with Crippen molar-refractivity contribution in [3.63, 3.8) is 0 Å². The lowest BCUT2D eigenvalue weighted by Crippen LogP contribution is -2.13. The van der Waals surface area contributed by atoms with Crippen LogP contribution in [0.2, 0.25) is 0 Å². The van der Waals surface area contributed by atoms with Gasteiger partial charge in [0.1, 0.15) is 0 Å². The third-order valence-electron chi connectivity index (χ3n) is 3.30. The van der Waals surface area contributed by atoms with Crippen molar-refractivity contribution in [2.75, 3.05) is 11.1 Å². The number of nitrogens with zero attached hydrogens (tertiary/aromatic N) is 1. The summed E-state index contributed by atoms with van der Waals surface area (Å²) in [5.41, 5.74) is 3.11. The molecular weight excluding hydrogens is 312 g/mol. The molecule has 0 bridgehead atoms. The van der Waals surface area contributed by atoms with E-state index in [1.165, 1.54) is 23.9 Å². The summed E-state index contributed by atoms with van der Waals surface area (Å²) in [5, 5.41) is 13.5. The fourth-order valence-electron chi connectivity index (χ4n) is 2.09. The molecule has 23 heavy (non-hydrogen) atoms. The molecule has 2 aromatic carbocycles. The Kier molecular flexibility index (Phi) is 5.76. The fraction of sp³-hybridized carbons (Fsp3) is 0.235. The van der Waals surface area contributed by atoms with Gasteiger partial charge in [0.05, 0.1) is 4.92 Å². The fourth-order valence-corrected chi connectivity index (χ4v) is 2.94. The molecule has 0 saturated carbocycles. The number of amides is 1. The van der Waals surface area contributed by atoms with Gasteiger partial charge in [-0.15, -0.1) is 11.8 Å². The smallest absolute Gasteiger partial charge is 0.269 e. The predicted octanol–water partition coefficient (Wildman–Crippen LogP) is 4.33. The summed E-state index contributed by atoms with van der Waals surface area (Å²) in [4.78, 5) is 23.0. The Morgan fingerprint density at radius 3 is 2.48 bits per heavy atom. The number of nitro groups is 1. The summed E-state index contributed by atoms with van der Waals surface area (Å²) in [6, 6.07) is 12.2. The van der Waals surface area contributed by atoms with Crippen LogP contribution in [-0.2, 0) is 4.79 Å². The molecule has 0 fully saturated rings. The van der Waals surface area contributed by atoms with Crippen molar-refractivity contribution in [1.29, 1.82) is 0 Å². The van der Waals surface area contributed by atoms with Gasteiger partial charge < -0.3 is 5.32 Å². The zero-order chi connectivity index (χ0) is 16.8. The number of non-ortho nitro benzene ring substituents is 1. The van der Waals surface area contributed by atoms with Crippen molar-refractivity contribution >= 4 is 29.0 Å². The number of nitro benzene ring substituents is 1. The molecule has 0 radical (unpaired) electrons. The van der Waals surface area contributed by atoms with Crippen LogP contribution in [-0.4, -0.2) is 16.6 Å². The molecule has 0 spiro atoms. The first-order valence-electron chi connectivity index (χ1n) is 7.20.